The number of ether oxygens (including phenoxy) is 1. The minimum atomic E-state index is -0.135. The number of nitrogens with one attached hydrogen (secondary N) is 1. The van der Waals surface area contributed by atoms with Crippen LogP contribution in [0, 0.1) is 13.8 Å². The van der Waals surface area contributed by atoms with E-state index < -0.39 is 0 Å². The van der Waals surface area contributed by atoms with Crippen LogP contribution >= 0.6 is 11.3 Å². The first-order valence-corrected chi connectivity index (χ1v) is 9.48. The predicted molar refractivity (Wildman–Crippen MR) is 106 cm³/mol. The van der Waals surface area contributed by atoms with Gasteiger partial charge in [0, 0.05) is 16.6 Å². The maximum Gasteiger partial charge on any atom is 0.255 e. The van der Waals surface area contributed by atoms with E-state index in [9.17, 15) is 4.79 Å². The third kappa shape index (κ3) is 4.29. The number of aromatic nitrogens is 1. The zero-order chi connectivity index (χ0) is 18.5. The summed E-state index contributed by atoms with van der Waals surface area (Å²) in [5, 5.41) is 6.04. The number of aryl methyl sites for hydroxylation is 3. The molecule has 134 valence electrons. The Kier molecular flexibility index (Phi) is 5.68. The van der Waals surface area contributed by atoms with Crippen LogP contribution in [0.25, 0.3) is 0 Å². The topological polar surface area (TPSA) is 51.2 Å². The van der Waals surface area contributed by atoms with Gasteiger partial charge in [0.25, 0.3) is 5.91 Å². The molecule has 0 aliphatic heterocycles. The lowest BCUT2D eigenvalue weighted by Gasteiger charge is -2.13. The molecule has 2 aromatic carbocycles. The van der Waals surface area contributed by atoms with Crippen LogP contribution in [0.1, 0.15) is 39.1 Å². The van der Waals surface area contributed by atoms with Crippen LogP contribution < -0.4 is 10.1 Å². The first kappa shape index (κ1) is 18.1. The number of hydrogen-bond acceptors (Lipinski definition) is 4. The van der Waals surface area contributed by atoms with Gasteiger partial charge in [-0.15, -0.1) is 11.3 Å². The van der Waals surface area contributed by atoms with E-state index >= 15 is 0 Å². The Morgan fingerprint density at radius 2 is 2.00 bits per heavy atom. The summed E-state index contributed by atoms with van der Waals surface area (Å²) in [6.07, 6.45) is 0.869. The van der Waals surface area contributed by atoms with E-state index in [0.29, 0.717) is 17.9 Å². The zero-order valence-corrected chi connectivity index (χ0v) is 16.0. The van der Waals surface area contributed by atoms with Crippen molar-refractivity contribution in [2.24, 2.45) is 0 Å². The number of carbonyl (C=O) groups is 1. The van der Waals surface area contributed by atoms with E-state index in [0.717, 1.165) is 33.9 Å². The molecule has 0 atom stereocenters. The van der Waals surface area contributed by atoms with Crippen LogP contribution in [-0.4, -0.2) is 10.9 Å². The molecular weight excluding hydrogens is 344 g/mol. The van der Waals surface area contributed by atoms with Gasteiger partial charge in [0.1, 0.15) is 12.4 Å². The number of amides is 1. The summed E-state index contributed by atoms with van der Waals surface area (Å²) in [6.45, 7) is 6.45. The Labute approximate surface area is 157 Å². The number of rotatable bonds is 6. The molecule has 0 saturated heterocycles. The molecule has 1 heterocycles. The zero-order valence-electron chi connectivity index (χ0n) is 15.2. The summed E-state index contributed by atoms with van der Waals surface area (Å²) in [5.74, 6) is 0.521. The minimum Gasteiger partial charge on any atom is -0.487 e. The monoisotopic (exact) mass is 366 g/mol. The fraction of sp³-hybridized carbons (Fsp3) is 0.238. The Hall–Kier alpha value is -2.66. The molecule has 5 heteroatoms. The highest BCUT2D eigenvalue weighted by Gasteiger charge is 2.11. The highest BCUT2D eigenvalue weighted by atomic mass is 32.1. The van der Waals surface area contributed by atoms with Crippen LogP contribution in [0.15, 0.2) is 47.8 Å². The summed E-state index contributed by atoms with van der Waals surface area (Å²) in [6, 6.07) is 13.3. The second-order valence-electron chi connectivity index (χ2n) is 6.09. The molecule has 3 rings (SSSR count). The largest absolute Gasteiger partial charge is 0.487 e. The number of nitrogens with zero attached hydrogens (tertiary/aromatic N) is 1. The van der Waals surface area contributed by atoms with Crippen molar-refractivity contribution < 1.29 is 9.53 Å². The quantitative estimate of drug-likeness (QED) is 0.656. The molecule has 0 spiro atoms. The molecule has 0 fully saturated rings. The minimum absolute atomic E-state index is 0.135. The summed E-state index contributed by atoms with van der Waals surface area (Å²) in [5.41, 5.74) is 4.55. The second-order valence-corrected chi connectivity index (χ2v) is 7.15. The Balaban J connectivity index is 1.72. The highest BCUT2D eigenvalue weighted by molar-refractivity contribution is 7.09. The van der Waals surface area contributed by atoms with Gasteiger partial charge in [-0.3, -0.25) is 4.79 Å². The van der Waals surface area contributed by atoms with Crippen LogP contribution in [0.3, 0.4) is 0 Å². The van der Waals surface area contributed by atoms with Crippen molar-refractivity contribution in [2.75, 3.05) is 5.32 Å². The smallest absolute Gasteiger partial charge is 0.255 e. The average Bonchev–Trinajstić information content (AvgIpc) is 3.07. The average molecular weight is 366 g/mol. The highest BCUT2D eigenvalue weighted by Crippen LogP contribution is 2.23. The summed E-state index contributed by atoms with van der Waals surface area (Å²) in [7, 11) is 0. The molecule has 1 amide bonds. The third-order valence-electron chi connectivity index (χ3n) is 4.13. The van der Waals surface area contributed by atoms with E-state index in [1.54, 1.807) is 23.5 Å². The lowest BCUT2D eigenvalue weighted by molar-refractivity contribution is 0.102. The first-order chi connectivity index (χ1) is 12.6. The molecule has 3 aromatic rings. The lowest BCUT2D eigenvalue weighted by atomic mass is 10.1. The van der Waals surface area contributed by atoms with Crippen molar-refractivity contribution in [3.05, 3.63) is 75.2 Å². The van der Waals surface area contributed by atoms with Crippen LogP contribution in [0.2, 0.25) is 0 Å². The van der Waals surface area contributed by atoms with Crippen molar-refractivity contribution >= 4 is 22.9 Å². The summed E-state index contributed by atoms with van der Waals surface area (Å²) in [4.78, 5) is 17.1. The van der Waals surface area contributed by atoms with Crippen molar-refractivity contribution in [3.8, 4) is 5.75 Å². The SMILES string of the molecule is CCc1cccc(C)c1NC(=O)c1cccc(OCc2csc(C)n2)c1. The Morgan fingerprint density at radius 3 is 2.73 bits per heavy atom. The van der Waals surface area contributed by atoms with E-state index in [4.69, 9.17) is 4.74 Å². The van der Waals surface area contributed by atoms with Gasteiger partial charge in [-0.1, -0.05) is 31.2 Å². The molecule has 0 bridgehead atoms. The van der Waals surface area contributed by atoms with Crippen LogP contribution in [-0.2, 0) is 13.0 Å². The van der Waals surface area contributed by atoms with Gasteiger partial charge in [-0.05, 0) is 49.6 Å². The molecule has 0 radical (unpaired) electrons. The summed E-state index contributed by atoms with van der Waals surface area (Å²) >= 11 is 1.60. The molecule has 0 unspecified atom stereocenters. The molecule has 1 aromatic heterocycles. The third-order valence-corrected chi connectivity index (χ3v) is 4.95. The molecule has 0 aliphatic rings. The van der Waals surface area contributed by atoms with Crippen molar-refractivity contribution in [2.45, 2.75) is 33.8 Å². The fourth-order valence-corrected chi connectivity index (χ4v) is 3.34. The summed E-state index contributed by atoms with van der Waals surface area (Å²) < 4.78 is 5.78. The van der Waals surface area contributed by atoms with Crippen molar-refractivity contribution in [3.63, 3.8) is 0 Å². The van der Waals surface area contributed by atoms with Gasteiger partial charge in [-0.2, -0.15) is 0 Å². The second kappa shape index (κ2) is 8.15. The van der Waals surface area contributed by atoms with Gasteiger partial charge in [0.05, 0.1) is 10.7 Å². The van der Waals surface area contributed by atoms with E-state index in [1.807, 2.05) is 49.6 Å². The molecular formula is C21H22N2O2S. The standard InChI is InChI=1S/C21H22N2O2S/c1-4-16-8-5-7-14(2)20(16)23-21(24)17-9-6-10-19(11-17)25-12-18-13-26-15(3)22-18/h5-11,13H,4,12H2,1-3H3,(H,23,24). The van der Waals surface area contributed by atoms with Gasteiger partial charge in [0.2, 0.25) is 0 Å². The molecule has 26 heavy (non-hydrogen) atoms. The van der Waals surface area contributed by atoms with E-state index in [-0.39, 0.29) is 5.91 Å². The maximum atomic E-state index is 12.7. The van der Waals surface area contributed by atoms with Gasteiger partial charge in [0.15, 0.2) is 0 Å². The predicted octanol–water partition coefficient (Wildman–Crippen LogP) is 5.15. The van der Waals surface area contributed by atoms with E-state index in [2.05, 4.69) is 17.2 Å². The van der Waals surface area contributed by atoms with Gasteiger partial charge >= 0.3 is 0 Å². The number of hydrogen-bond donors (Lipinski definition) is 1. The molecule has 0 saturated carbocycles. The first-order valence-electron chi connectivity index (χ1n) is 8.60. The molecule has 1 N–H and O–H groups in total. The number of benzene rings is 2. The Bertz CT molecular complexity index is 918. The number of carbonyl (C=O) groups excluding carboxylic acids is 1. The number of para-hydroxylation sites is 1. The van der Waals surface area contributed by atoms with Crippen LogP contribution in [0.5, 0.6) is 5.75 Å². The van der Waals surface area contributed by atoms with Crippen molar-refractivity contribution in [1.29, 1.82) is 0 Å². The fourth-order valence-electron chi connectivity index (χ4n) is 2.75. The Morgan fingerprint density at radius 1 is 1.19 bits per heavy atom. The normalized spacial score (nSPS) is 10.6. The molecule has 4 nitrogen and oxygen atoms in total. The molecule has 0 aliphatic carbocycles. The maximum absolute atomic E-state index is 12.7. The lowest BCUT2D eigenvalue weighted by Crippen LogP contribution is -2.14. The number of thiazole rings is 1. The van der Waals surface area contributed by atoms with Gasteiger partial charge in [-0.25, -0.2) is 4.98 Å². The van der Waals surface area contributed by atoms with E-state index in [1.165, 1.54) is 0 Å². The van der Waals surface area contributed by atoms with Gasteiger partial charge < -0.3 is 10.1 Å². The number of anilines is 1. The van der Waals surface area contributed by atoms with Crippen LogP contribution in [0.4, 0.5) is 5.69 Å². The van der Waals surface area contributed by atoms with Crippen molar-refractivity contribution in [1.82, 2.24) is 4.98 Å².